The van der Waals surface area contributed by atoms with Crippen LogP contribution in [0.2, 0.25) is 0 Å². The highest BCUT2D eigenvalue weighted by atomic mass is 32.1. The number of hydrogen-bond donors (Lipinski definition) is 1. The van der Waals surface area contributed by atoms with E-state index in [9.17, 15) is 0 Å². The van der Waals surface area contributed by atoms with Crippen molar-refractivity contribution in [2.45, 2.75) is 64.5 Å². The van der Waals surface area contributed by atoms with Gasteiger partial charge in [-0.15, -0.1) is 5.10 Å². The van der Waals surface area contributed by atoms with Gasteiger partial charge in [-0.25, -0.2) is 0 Å². The van der Waals surface area contributed by atoms with Crippen molar-refractivity contribution < 1.29 is 4.74 Å². The summed E-state index contributed by atoms with van der Waals surface area (Å²) in [4.78, 5) is 1.33. The van der Waals surface area contributed by atoms with Crippen molar-refractivity contribution in [1.29, 1.82) is 0 Å². The average Bonchev–Trinajstić information content (AvgIpc) is 3.06. The third-order valence-electron chi connectivity index (χ3n) is 3.64. The molecule has 2 unspecified atom stereocenters. The topological polar surface area (TPSA) is 47.0 Å². The molecule has 0 radical (unpaired) electrons. The van der Waals surface area contributed by atoms with Crippen LogP contribution in [0.15, 0.2) is 0 Å². The lowest BCUT2D eigenvalue weighted by Crippen LogP contribution is -2.22. The molecule has 1 aliphatic heterocycles. The van der Waals surface area contributed by atoms with Gasteiger partial charge in [-0.1, -0.05) is 24.8 Å². The monoisotopic (exact) mass is 283 g/mol. The predicted octanol–water partition coefficient (Wildman–Crippen LogP) is 3.10. The van der Waals surface area contributed by atoms with E-state index in [1.54, 1.807) is 11.5 Å². The summed E-state index contributed by atoms with van der Waals surface area (Å²) in [6.45, 7) is 6.28. The molecule has 0 aromatic carbocycles. The fourth-order valence-corrected chi connectivity index (χ4v) is 3.49. The van der Waals surface area contributed by atoms with Gasteiger partial charge in [-0.2, -0.15) is 0 Å². The Kier molecular flexibility index (Phi) is 6.20. The van der Waals surface area contributed by atoms with E-state index >= 15 is 0 Å². The Hall–Kier alpha value is -0.520. The maximum absolute atomic E-state index is 5.72. The van der Waals surface area contributed by atoms with E-state index in [1.165, 1.54) is 23.4 Å². The third kappa shape index (κ3) is 4.23. The summed E-state index contributed by atoms with van der Waals surface area (Å²) in [6.07, 6.45) is 7.34. The first-order chi connectivity index (χ1) is 9.35. The molecule has 1 aromatic rings. The molecule has 0 spiro atoms. The molecular weight excluding hydrogens is 258 g/mol. The normalized spacial score (nSPS) is 20.8. The largest absolute Gasteiger partial charge is 0.378 e. The van der Waals surface area contributed by atoms with Crippen molar-refractivity contribution >= 4 is 11.5 Å². The molecule has 1 aliphatic rings. The highest BCUT2D eigenvalue weighted by molar-refractivity contribution is 7.05. The Morgan fingerprint density at radius 1 is 1.47 bits per heavy atom. The summed E-state index contributed by atoms with van der Waals surface area (Å²) in [5, 5.41) is 7.87. The van der Waals surface area contributed by atoms with Crippen LogP contribution in [0.5, 0.6) is 0 Å². The fourth-order valence-electron chi connectivity index (χ4n) is 2.69. The van der Waals surface area contributed by atoms with Gasteiger partial charge in [0.25, 0.3) is 0 Å². The summed E-state index contributed by atoms with van der Waals surface area (Å²) in [6, 6.07) is 0.399. The lowest BCUT2D eigenvalue weighted by atomic mass is 10.0. The number of ether oxygens (including phenoxy) is 1. The number of aromatic nitrogens is 2. The first-order valence-corrected chi connectivity index (χ1v) is 8.28. The van der Waals surface area contributed by atoms with Gasteiger partial charge in [-0.3, -0.25) is 0 Å². The van der Waals surface area contributed by atoms with Gasteiger partial charge in [0.05, 0.1) is 16.7 Å². The molecule has 0 aliphatic carbocycles. The highest BCUT2D eigenvalue weighted by Crippen LogP contribution is 2.28. The minimum atomic E-state index is 0.399. The van der Waals surface area contributed by atoms with E-state index in [0.717, 1.165) is 38.8 Å². The van der Waals surface area contributed by atoms with E-state index in [2.05, 4.69) is 28.8 Å². The molecule has 1 fully saturated rings. The molecule has 0 bridgehead atoms. The van der Waals surface area contributed by atoms with Crippen molar-refractivity contribution in [2.75, 3.05) is 13.2 Å². The molecule has 1 aromatic heterocycles. The third-order valence-corrected chi connectivity index (χ3v) is 4.52. The average molecular weight is 283 g/mol. The van der Waals surface area contributed by atoms with Crippen LogP contribution in [-0.2, 0) is 11.2 Å². The minimum Gasteiger partial charge on any atom is -0.378 e. The maximum Gasteiger partial charge on any atom is 0.0803 e. The molecule has 5 heteroatoms. The molecule has 1 saturated heterocycles. The second-order valence-corrected chi connectivity index (χ2v) is 5.94. The van der Waals surface area contributed by atoms with Crippen molar-refractivity contribution in [1.82, 2.24) is 14.9 Å². The van der Waals surface area contributed by atoms with Crippen molar-refractivity contribution in [3.63, 3.8) is 0 Å². The second kappa shape index (κ2) is 7.92. The van der Waals surface area contributed by atoms with Crippen LogP contribution in [0.25, 0.3) is 0 Å². The van der Waals surface area contributed by atoms with Gasteiger partial charge in [0, 0.05) is 12.6 Å². The lowest BCUT2D eigenvalue weighted by molar-refractivity contribution is 0.0997. The van der Waals surface area contributed by atoms with Gasteiger partial charge < -0.3 is 10.1 Å². The summed E-state index contributed by atoms with van der Waals surface area (Å²) in [7, 11) is 0. The Labute approximate surface area is 120 Å². The molecule has 0 saturated carbocycles. The molecule has 2 atom stereocenters. The summed E-state index contributed by atoms with van der Waals surface area (Å²) in [5.41, 5.74) is 1.19. The minimum absolute atomic E-state index is 0.399. The quantitative estimate of drug-likeness (QED) is 0.796. The van der Waals surface area contributed by atoms with E-state index in [4.69, 9.17) is 4.74 Å². The Morgan fingerprint density at radius 2 is 2.37 bits per heavy atom. The van der Waals surface area contributed by atoms with Crippen molar-refractivity contribution in [3.05, 3.63) is 10.6 Å². The highest BCUT2D eigenvalue weighted by Gasteiger charge is 2.21. The number of aryl methyl sites for hydroxylation is 1. The zero-order chi connectivity index (χ0) is 13.5. The van der Waals surface area contributed by atoms with Crippen LogP contribution in [0.4, 0.5) is 0 Å². The predicted molar refractivity (Wildman–Crippen MR) is 78.5 cm³/mol. The van der Waals surface area contributed by atoms with Gasteiger partial charge in [0.2, 0.25) is 0 Å². The molecule has 2 heterocycles. The molecule has 1 N–H and O–H groups in total. The summed E-state index contributed by atoms with van der Waals surface area (Å²) >= 11 is 1.56. The molecule has 19 heavy (non-hydrogen) atoms. The standard InChI is InChI=1S/C14H25N3OS/c1-3-6-13-14(19-17-16-13)12(15-4-2)9-8-11-7-5-10-18-11/h11-12,15H,3-10H2,1-2H3. The van der Waals surface area contributed by atoms with Crippen molar-refractivity contribution in [3.8, 4) is 0 Å². The van der Waals surface area contributed by atoms with Gasteiger partial charge in [-0.05, 0) is 50.2 Å². The van der Waals surface area contributed by atoms with Gasteiger partial charge in [0.15, 0.2) is 0 Å². The Morgan fingerprint density at radius 3 is 3.05 bits per heavy atom. The van der Waals surface area contributed by atoms with Gasteiger partial charge in [0.1, 0.15) is 0 Å². The van der Waals surface area contributed by atoms with E-state index in [1.807, 2.05) is 0 Å². The molecule has 2 rings (SSSR count). The fraction of sp³-hybridized carbons (Fsp3) is 0.857. The number of nitrogens with zero attached hydrogens (tertiary/aromatic N) is 2. The Bertz CT molecular complexity index is 363. The van der Waals surface area contributed by atoms with Crippen LogP contribution in [0.3, 0.4) is 0 Å². The Balaban J connectivity index is 1.95. The maximum atomic E-state index is 5.72. The summed E-state index contributed by atoms with van der Waals surface area (Å²) in [5.74, 6) is 0. The smallest absolute Gasteiger partial charge is 0.0803 e. The summed E-state index contributed by atoms with van der Waals surface area (Å²) < 4.78 is 9.87. The molecule has 4 nitrogen and oxygen atoms in total. The van der Waals surface area contributed by atoms with Crippen LogP contribution in [-0.4, -0.2) is 28.8 Å². The molecular formula is C14H25N3OS. The molecule has 108 valence electrons. The first-order valence-electron chi connectivity index (χ1n) is 7.51. The van der Waals surface area contributed by atoms with Crippen LogP contribution >= 0.6 is 11.5 Å². The lowest BCUT2D eigenvalue weighted by Gasteiger charge is -2.19. The van der Waals surface area contributed by atoms with E-state index in [-0.39, 0.29) is 0 Å². The number of hydrogen-bond acceptors (Lipinski definition) is 5. The van der Waals surface area contributed by atoms with E-state index in [0.29, 0.717) is 12.1 Å². The van der Waals surface area contributed by atoms with Crippen molar-refractivity contribution in [2.24, 2.45) is 0 Å². The van der Waals surface area contributed by atoms with Crippen LogP contribution in [0.1, 0.15) is 62.6 Å². The zero-order valence-electron chi connectivity index (χ0n) is 12.0. The van der Waals surface area contributed by atoms with Gasteiger partial charge >= 0.3 is 0 Å². The number of rotatable bonds is 8. The molecule has 0 amide bonds. The first kappa shape index (κ1) is 14.9. The van der Waals surface area contributed by atoms with E-state index < -0.39 is 0 Å². The van der Waals surface area contributed by atoms with Crippen LogP contribution in [0, 0.1) is 0 Å². The van der Waals surface area contributed by atoms with Crippen LogP contribution < -0.4 is 5.32 Å². The zero-order valence-corrected chi connectivity index (χ0v) is 12.8. The second-order valence-electron chi connectivity index (χ2n) is 5.16. The SMILES string of the molecule is CCCc1nnsc1C(CCC1CCCO1)NCC. The number of nitrogens with one attached hydrogen (secondary N) is 1.